The molecule has 120 valence electrons. The largest absolute Gasteiger partial charge is 0.497 e. The average Bonchev–Trinajstić information content (AvgIpc) is 2.63. The molecule has 0 spiro atoms. The fraction of sp³-hybridized carbons (Fsp3) is 0.100. The lowest BCUT2D eigenvalue weighted by Crippen LogP contribution is -2.14. The Kier molecular flexibility index (Phi) is 4.87. The number of methoxy groups -OCH3 is 1. The summed E-state index contributed by atoms with van der Waals surface area (Å²) in [6.45, 7) is 0. The number of pyridine rings is 1. The molecule has 0 bridgehead atoms. The molecule has 24 heavy (non-hydrogen) atoms. The number of nitrogens with zero attached hydrogens (tertiary/aromatic N) is 1. The minimum Gasteiger partial charge on any atom is -0.497 e. The second-order valence-electron chi connectivity index (χ2n) is 5.39. The van der Waals surface area contributed by atoms with E-state index in [4.69, 9.17) is 4.74 Å². The molecule has 4 nitrogen and oxygen atoms in total. The summed E-state index contributed by atoms with van der Waals surface area (Å²) in [5.74, 6) is 0.696. The number of anilines is 1. The van der Waals surface area contributed by atoms with Crippen molar-refractivity contribution in [2.24, 2.45) is 0 Å². The highest BCUT2D eigenvalue weighted by atomic mass is 16.5. The molecule has 1 heterocycles. The summed E-state index contributed by atoms with van der Waals surface area (Å²) in [5.41, 5.74) is 3.88. The maximum atomic E-state index is 12.2. The zero-order valence-electron chi connectivity index (χ0n) is 13.4. The number of nitrogens with one attached hydrogen (secondary N) is 1. The SMILES string of the molecule is COc1cccc(CC(=O)Nc2ccc(-c3ccncc3)cc2)c1. The van der Waals surface area contributed by atoms with Gasteiger partial charge < -0.3 is 10.1 Å². The number of benzene rings is 2. The van der Waals surface area contributed by atoms with Crippen molar-refractivity contribution in [3.8, 4) is 16.9 Å². The summed E-state index contributed by atoms with van der Waals surface area (Å²) in [7, 11) is 1.61. The van der Waals surface area contributed by atoms with E-state index in [1.807, 2.05) is 60.7 Å². The molecule has 0 radical (unpaired) electrons. The number of hydrogen-bond acceptors (Lipinski definition) is 3. The van der Waals surface area contributed by atoms with E-state index < -0.39 is 0 Å². The molecule has 0 atom stereocenters. The molecule has 0 aliphatic carbocycles. The Bertz CT molecular complexity index is 815. The topological polar surface area (TPSA) is 51.2 Å². The Morgan fingerprint density at radius 1 is 1.00 bits per heavy atom. The quantitative estimate of drug-likeness (QED) is 0.775. The van der Waals surface area contributed by atoms with Gasteiger partial charge in [0.15, 0.2) is 0 Å². The van der Waals surface area contributed by atoms with Gasteiger partial charge in [-0.05, 0) is 53.1 Å². The first-order valence-corrected chi connectivity index (χ1v) is 7.68. The zero-order valence-corrected chi connectivity index (χ0v) is 13.4. The number of hydrogen-bond donors (Lipinski definition) is 1. The number of amides is 1. The summed E-state index contributed by atoms with van der Waals surface area (Å²) in [4.78, 5) is 16.2. The molecule has 0 aliphatic heterocycles. The molecule has 3 rings (SSSR count). The maximum absolute atomic E-state index is 12.2. The first-order valence-electron chi connectivity index (χ1n) is 7.68. The monoisotopic (exact) mass is 318 g/mol. The number of rotatable bonds is 5. The van der Waals surface area contributed by atoms with Gasteiger partial charge in [0.1, 0.15) is 5.75 Å². The summed E-state index contributed by atoms with van der Waals surface area (Å²) in [6.07, 6.45) is 3.83. The van der Waals surface area contributed by atoms with E-state index >= 15 is 0 Å². The second kappa shape index (κ2) is 7.42. The van der Waals surface area contributed by atoms with Crippen LogP contribution in [0.25, 0.3) is 11.1 Å². The van der Waals surface area contributed by atoms with Crippen LogP contribution in [0.5, 0.6) is 5.75 Å². The van der Waals surface area contributed by atoms with Gasteiger partial charge in [-0.15, -0.1) is 0 Å². The summed E-state index contributed by atoms with van der Waals surface area (Å²) >= 11 is 0. The van der Waals surface area contributed by atoms with Gasteiger partial charge >= 0.3 is 0 Å². The normalized spacial score (nSPS) is 10.2. The third-order valence-corrected chi connectivity index (χ3v) is 3.68. The van der Waals surface area contributed by atoms with Crippen LogP contribution in [0.2, 0.25) is 0 Å². The van der Waals surface area contributed by atoms with Crippen LogP contribution in [-0.2, 0) is 11.2 Å². The predicted octanol–water partition coefficient (Wildman–Crippen LogP) is 3.94. The number of ether oxygens (including phenoxy) is 1. The first-order chi connectivity index (χ1) is 11.7. The van der Waals surface area contributed by atoms with Crippen LogP contribution >= 0.6 is 0 Å². The van der Waals surface area contributed by atoms with Gasteiger partial charge in [0.2, 0.25) is 5.91 Å². The lowest BCUT2D eigenvalue weighted by Gasteiger charge is -2.08. The van der Waals surface area contributed by atoms with Crippen molar-refractivity contribution in [3.63, 3.8) is 0 Å². The molecule has 0 aliphatic rings. The fourth-order valence-corrected chi connectivity index (χ4v) is 2.46. The van der Waals surface area contributed by atoms with Crippen LogP contribution in [0.1, 0.15) is 5.56 Å². The Balaban J connectivity index is 1.64. The van der Waals surface area contributed by atoms with Crippen molar-refractivity contribution in [1.82, 2.24) is 4.98 Å². The number of aromatic nitrogens is 1. The van der Waals surface area contributed by atoms with Crippen molar-refractivity contribution in [2.45, 2.75) is 6.42 Å². The number of carbonyl (C=O) groups excluding carboxylic acids is 1. The third-order valence-electron chi connectivity index (χ3n) is 3.68. The Labute approximate surface area is 141 Å². The van der Waals surface area contributed by atoms with Gasteiger partial charge in [-0.1, -0.05) is 24.3 Å². The smallest absolute Gasteiger partial charge is 0.228 e. The second-order valence-corrected chi connectivity index (χ2v) is 5.39. The van der Waals surface area contributed by atoms with Crippen molar-refractivity contribution >= 4 is 11.6 Å². The van der Waals surface area contributed by atoms with Gasteiger partial charge in [0, 0.05) is 18.1 Å². The van der Waals surface area contributed by atoms with Crippen LogP contribution in [-0.4, -0.2) is 18.0 Å². The van der Waals surface area contributed by atoms with E-state index in [-0.39, 0.29) is 5.91 Å². The maximum Gasteiger partial charge on any atom is 0.228 e. The molecule has 1 N–H and O–H groups in total. The van der Waals surface area contributed by atoms with E-state index in [1.54, 1.807) is 19.5 Å². The molecule has 4 heteroatoms. The van der Waals surface area contributed by atoms with Crippen LogP contribution in [0.15, 0.2) is 73.1 Å². The highest BCUT2D eigenvalue weighted by Gasteiger charge is 2.05. The van der Waals surface area contributed by atoms with Crippen LogP contribution in [0, 0.1) is 0 Å². The van der Waals surface area contributed by atoms with Gasteiger partial charge in [0.05, 0.1) is 13.5 Å². The minimum absolute atomic E-state index is 0.0556. The number of carbonyl (C=O) groups is 1. The van der Waals surface area contributed by atoms with E-state index in [0.29, 0.717) is 6.42 Å². The highest BCUT2D eigenvalue weighted by Crippen LogP contribution is 2.21. The molecule has 0 saturated heterocycles. The molecule has 1 aromatic heterocycles. The molecule has 0 fully saturated rings. The Morgan fingerprint density at radius 2 is 1.71 bits per heavy atom. The van der Waals surface area contributed by atoms with E-state index in [9.17, 15) is 4.79 Å². The van der Waals surface area contributed by atoms with Gasteiger partial charge in [-0.3, -0.25) is 9.78 Å². The lowest BCUT2D eigenvalue weighted by atomic mass is 10.1. The summed E-state index contributed by atoms with van der Waals surface area (Å²) in [5, 5.41) is 2.91. The summed E-state index contributed by atoms with van der Waals surface area (Å²) in [6, 6.07) is 19.2. The van der Waals surface area contributed by atoms with Crippen LogP contribution < -0.4 is 10.1 Å². The van der Waals surface area contributed by atoms with Crippen molar-refractivity contribution in [2.75, 3.05) is 12.4 Å². The van der Waals surface area contributed by atoms with Crippen molar-refractivity contribution in [3.05, 3.63) is 78.6 Å². The zero-order chi connectivity index (χ0) is 16.8. The van der Waals surface area contributed by atoms with Crippen molar-refractivity contribution in [1.29, 1.82) is 0 Å². The standard InChI is InChI=1S/C20H18N2O2/c1-24-19-4-2-3-15(13-19)14-20(23)22-18-7-5-16(6-8-18)17-9-11-21-12-10-17/h2-13H,14H2,1H3,(H,22,23). The van der Waals surface area contributed by atoms with Gasteiger partial charge in [-0.2, -0.15) is 0 Å². The van der Waals surface area contributed by atoms with Gasteiger partial charge in [-0.25, -0.2) is 0 Å². The fourth-order valence-electron chi connectivity index (χ4n) is 2.46. The average molecular weight is 318 g/mol. The van der Waals surface area contributed by atoms with Gasteiger partial charge in [0.25, 0.3) is 0 Å². The van der Waals surface area contributed by atoms with Crippen LogP contribution in [0.4, 0.5) is 5.69 Å². The lowest BCUT2D eigenvalue weighted by molar-refractivity contribution is -0.115. The van der Waals surface area contributed by atoms with E-state index in [2.05, 4.69) is 10.3 Å². The molecule has 0 saturated carbocycles. The van der Waals surface area contributed by atoms with Crippen molar-refractivity contribution < 1.29 is 9.53 Å². The first kappa shape index (κ1) is 15.7. The van der Waals surface area contributed by atoms with E-state index in [0.717, 1.165) is 28.1 Å². The molecule has 2 aromatic carbocycles. The molecule has 3 aromatic rings. The predicted molar refractivity (Wildman–Crippen MR) is 95.0 cm³/mol. The van der Waals surface area contributed by atoms with Crippen LogP contribution in [0.3, 0.4) is 0 Å². The summed E-state index contributed by atoms with van der Waals surface area (Å²) < 4.78 is 5.17. The molecule has 1 amide bonds. The highest BCUT2D eigenvalue weighted by molar-refractivity contribution is 5.92. The molecule has 0 unspecified atom stereocenters. The van der Waals surface area contributed by atoms with E-state index in [1.165, 1.54) is 0 Å². The Morgan fingerprint density at radius 3 is 2.42 bits per heavy atom. The minimum atomic E-state index is -0.0556. The third kappa shape index (κ3) is 3.98. The Hall–Kier alpha value is -3.14. The molecular formula is C20H18N2O2. The molecular weight excluding hydrogens is 300 g/mol.